The second-order valence-corrected chi connectivity index (χ2v) is 12.2. The van der Waals surface area contributed by atoms with Gasteiger partial charge in [-0.2, -0.15) is 9.97 Å². The summed E-state index contributed by atoms with van der Waals surface area (Å²) in [4.78, 5) is 37.9. The van der Waals surface area contributed by atoms with E-state index in [2.05, 4.69) is 30.4 Å². The van der Waals surface area contributed by atoms with Crippen molar-refractivity contribution in [3.8, 4) is 0 Å². The lowest BCUT2D eigenvalue weighted by molar-refractivity contribution is -0.145. The second kappa shape index (κ2) is 15.3. The number of aromatic nitrogens is 4. The van der Waals surface area contributed by atoms with Crippen LogP contribution in [0.25, 0.3) is 11.2 Å². The minimum absolute atomic E-state index is 0.135. The number of unbranched alkanes of at least 4 members (excludes halogenated alkanes) is 2. The van der Waals surface area contributed by atoms with Gasteiger partial charge in [-0.25, -0.2) is 15.2 Å². The number of esters is 2. The third-order valence-electron chi connectivity index (χ3n) is 6.14. The highest BCUT2D eigenvalue weighted by Crippen LogP contribution is 2.38. The number of anilines is 2. The zero-order chi connectivity index (χ0) is 29.1. The maximum Gasteiger partial charge on any atom is 0.323 e. The molecule has 0 aliphatic heterocycles. The highest BCUT2D eigenvalue weighted by Gasteiger charge is 2.32. The van der Waals surface area contributed by atoms with Crippen LogP contribution in [0.2, 0.25) is 0 Å². The van der Waals surface area contributed by atoms with Crippen molar-refractivity contribution in [3.63, 3.8) is 0 Å². The molecule has 0 saturated heterocycles. The molecule has 1 aliphatic carbocycles. The van der Waals surface area contributed by atoms with Crippen molar-refractivity contribution in [1.82, 2.24) is 29.7 Å². The smallest absolute Gasteiger partial charge is 0.323 e. The average molecular weight is 583 g/mol. The molecule has 2 unspecified atom stereocenters. The van der Waals surface area contributed by atoms with E-state index in [4.69, 9.17) is 19.9 Å². The molecule has 2 atom stereocenters. The summed E-state index contributed by atoms with van der Waals surface area (Å²) in [7, 11) is -3.60. The number of hydrogen-bond donors (Lipinski definition) is 4. The van der Waals surface area contributed by atoms with E-state index in [1.165, 1.54) is 0 Å². The lowest BCUT2D eigenvalue weighted by Crippen LogP contribution is -2.43. The Labute approximate surface area is 235 Å². The fourth-order valence-corrected chi connectivity index (χ4v) is 5.80. The maximum absolute atomic E-state index is 13.8. The predicted octanol–water partition coefficient (Wildman–Crippen LogP) is 2.79. The molecule has 0 bridgehead atoms. The van der Waals surface area contributed by atoms with Gasteiger partial charge in [0.05, 0.1) is 26.1 Å². The van der Waals surface area contributed by atoms with Crippen LogP contribution in [-0.2, 0) is 34.9 Å². The number of ether oxygens (including phenoxy) is 3. The van der Waals surface area contributed by atoms with Crippen molar-refractivity contribution in [3.05, 3.63) is 6.33 Å². The normalized spacial score (nSPS) is 16.3. The highest BCUT2D eigenvalue weighted by atomic mass is 31.2. The Morgan fingerprint density at radius 3 is 2.20 bits per heavy atom. The topological polar surface area (TPSA) is 185 Å². The Balaban J connectivity index is 1.62. The van der Waals surface area contributed by atoms with Crippen LogP contribution in [0.4, 0.5) is 11.8 Å². The number of nitrogens with one attached hydrogen (secondary N) is 3. The number of nitrogen functional groups attached to an aromatic ring is 1. The number of carbonyl (C=O) groups excluding carboxylic acids is 2. The zero-order valence-corrected chi connectivity index (χ0v) is 24.7. The first-order valence-corrected chi connectivity index (χ1v) is 15.9. The zero-order valence-electron chi connectivity index (χ0n) is 23.9. The molecule has 0 aromatic carbocycles. The van der Waals surface area contributed by atoms with Crippen LogP contribution in [0.15, 0.2) is 6.33 Å². The van der Waals surface area contributed by atoms with Gasteiger partial charge < -0.3 is 29.8 Å². The van der Waals surface area contributed by atoms with Crippen LogP contribution >= 0.6 is 7.44 Å². The van der Waals surface area contributed by atoms with E-state index in [1.807, 2.05) is 13.8 Å². The molecule has 2 aromatic rings. The molecule has 0 amide bonds. The fourth-order valence-electron chi connectivity index (χ4n) is 3.73. The number of hydrogen-bond acceptors (Lipinski definition) is 11. The number of imidazole rings is 1. The summed E-state index contributed by atoms with van der Waals surface area (Å²) in [5, 5.41) is 8.94. The van der Waals surface area contributed by atoms with Crippen LogP contribution < -0.4 is 21.2 Å². The van der Waals surface area contributed by atoms with E-state index in [0.29, 0.717) is 29.6 Å². The molecule has 224 valence electrons. The lowest BCUT2D eigenvalue weighted by Gasteiger charge is -2.26. The number of carbonyl (C=O) groups is 2. The van der Waals surface area contributed by atoms with E-state index in [1.54, 1.807) is 24.7 Å². The van der Waals surface area contributed by atoms with Crippen LogP contribution in [0.5, 0.6) is 0 Å². The molecule has 2 heterocycles. The molecule has 1 saturated carbocycles. The van der Waals surface area contributed by atoms with Gasteiger partial charge in [0.1, 0.15) is 18.4 Å². The van der Waals surface area contributed by atoms with Crippen LogP contribution in [0.1, 0.15) is 66.2 Å². The Morgan fingerprint density at radius 2 is 1.65 bits per heavy atom. The van der Waals surface area contributed by atoms with E-state index >= 15 is 0 Å². The van der Waals surface area contributed by atoms with Gasteiger partial charge in [0.2, 0.25) is 13.4 Å². The van der Waals surface area contributed by atoms with E-state index in [9.17, 15) is 14.2 Å². The maximum atomic E-state index is 13.8. The van der Waals surface area contributed by atoms with Gasteiger partial charge in [-0.15, -0.1) is 0 Å². The summed E-state index contributed by atoms with van der Waals surface area (Å²) >= 11 is 0. The Bertz CT molecular complexity index is 1140. The van der Waals surface area contributed by atoms with Gasteiger partial charge in [-0.1, -0.05) is 26.7 Å². The quantitative estimate of drug-likeness (QED) is 0.108. The van der Waals surface area contributed by atoms with Gasteiger partial charge in [-0.3, -0.25) is 14.2 Å². The first-order valence-electron chi connectivity index (χ1n) is 14.0. The first kappa shape index (κ1) is 31.7. The van der Waals surface area contributed by atoms with Crippen molar-refractivity contribution in [1.29, 1.82) is 0 Å². The minimum Gasteiger partial charge on any atom is -0.465 e. The van der Waals surface area contributed by atoms with Gasteiger partial charge in [0.15, 0.2) is 17.0 Å². The molecular formula is C25H43N8O6P. The highest BCUT2D eigenvalue weighted by molar-refractivity contribution is 7.59. The molecule has 0 spiro atoms. The van der Waals surface area contributed by atoms with Gasteiger partial charge >= 0.3 is 11.9 Å². The van der Waals surface area contributed by atoms with Crippen molar-refractivity contribution in [2.75, 3.05) is 37.2 Å². The summed E-state index contributed by atoms with van der Waals surface area (Å²) in [6.07, 6.45) is 6.71. The van der Waals surface area contributed by atoms with E-state index < -0.39 is 31.5 Å². The molecule has 5 N–H and O–H groups in total. The summed E-state index contributed by atoms with van der Waals surface area (Å²) in [5.74, 6) is -0.337. The Kier molecular flexibility index (Phi) is 12.1. The summed E-state index contributed by atoms with van der Waals surface area (Å²) < 4.78 is 31.9. The fraction of sp³-hybridized carbons (Fsp3) is 0.720. The summed E-state index contributed by atoms with van der Waals surface area (Å²) in [6.45, 7) is 8.15. The monoisotopic (exact) mass is 582 g/mol. The largest absolute Gasteiger partial charge is 0.465 e. The van der Waals surface area contributed by atoms with Gasteiger partial charge in [0, 0.05) is 12.6 Å². The summed E-state index contributed by atoms with van der Waals surface area (Å²) in [5.41, 5.74) is 7.09. The molecule has 1 fully saturated rings. The van der Waals surface area contributed by atoms with E-state index in [-0.39, 0.29) is 32.1 Å². The molecule has 40 heavy (non-hydrogen) atoms. The second-order valence-electron chi connectivity index (χ2n) is 9.98. The number of rotatable bonds is 19. The van der Waals surface area contributed by atoms with Crippen LogP contribution in [0.3, 0.4) is 0 Å². The molecule has 14 nitrogen and oxygen atoms in total. The number of nitrogens with two attached hydrogens (primary N) is 1. The SMILES string of the molecule is CCCCOC(=O)C(C)NP(=O)(COCCn1cnc2c(NC3CC3)nc(N)nc21)NC(C)C(=O)OCCCC. The third-order valence-corrected chi connectivity index (χ3v) is 8.30. The predicted molar refractivity (Wildman–Crippen MR) is 152 cm³/mol. The average Bonchev–Trinajstić information content (AvgIpc) is 3.63. The first-order chi connectivity index (χ1) is 19.2. The third kappa shape index (κ3) is 9.69. The molecule has 0 radical (unpaired) electrons. The molecule has 2 aromatic heterocycles. The van der Waals surface area contributed by atoms with E-state index in [0.717, 1.165) is 38.5 Å². The molecule has 15 heteroatoms. The minimum atomic E-state index is -3.60. The van der Waals surface area contributed by atoms with Crippen molar-refractivity contribution in [2.45, 2.75) is 90.9 Å². The molecular weight excluding hydrogens is 539 g/mol. The van der Waals surface area contributed by atoms with Crippen LogP contribution in [-0.4, -0.2) is 75.8 Å². The van der Waals surface area contributed by atoms with Crippen LogP contribution in [0, 0.1) is 0 Å². The number of fused-ring (bicyclic) bond motifs is 1. The van der Waals surface area contributed by atoms with Gasteiger partial charge in [0.25, 0.3) is 0 Å². The number of nitrogens with zero attached hydrogens (tertiary/aromatic N) is 4. The summed E-state index contributed by atoms with van der Waals surface area (Å²) in [6, 6.07) is -1.41. The van der Waals surface area contributed by atoms with Crippen molar-refractivity contribution >= 4 is 42.3 Å². The van der Waals surface area contributed by atoms with Crippen molar-refractivity contribution < 1.29 is 28.4 Å². The Hall–Kier alpha value is -2.80. The standard InChI is InChI=1S/C25H43N8O6P/c1-5-7-12-38-23(34)17(3)31-40(36,32-18(4)24(35)39-13-8-6-2)16-37-14-11-33-15-27-20-21(28-19-9-10-19)29-25(26)30-22(20)33/h15,17-19H,5-14,16H2,1-4H3,(H2,31,32,36)(H3,26,28,29,30). The Morgan fingerprint density at radius 1 is 1.05 bits per heavy atom. The van der Waals surface area contributed by atoms with Crippen molar-refractivity contribution in [2.24, 2.45) is 0 Å². The molecule has 3 rings (SSSR count). The van der Waals surface area contributed by atoms with Gasteiger partial charge in [-0.05, 0) is 39.5 Å². The molecule has 1 aliphatic rings. The lowest BCUT2D eigenvalue weighted by atomic mass is 10.3.